The first-order valence-corrected chi connectivity index (χ1v) is 8.99. The van der Waals surface area contributed by atoms with Crippen LogP contribution < -0.4 is 0 Å². The van der Waals surface area contributed by atoms with Crippen LogP contribution >= 0.6 is 0 Å². The third kappa shape index (κ3) is 5.68. The summed E-state index contributed by atoms with van der Waals surface area (Å²) in [6.07, 6.45) is -4.14. The lowest BCUT2D eigenvalue weighted by Crippen LogP contribution is -2.46. The van der Waals surface area contributed by atoms with Gasteiger partial charge in [-0.25, -0.2) is 14.5 Å². The first-order chi connectivity index (χ1) is 13.3. The molecule has 0 aromatic carbocycles. The van der Waals surface area contributed by atoms with Crippen molar-refractivity contribution in [3.63, 3.8) is 0 Å². The number of aryl methyl sites for hydroxylation is 1. The van der Waals surface area contributed by atoms with Gasteiger partial charge in [-0.3, -0.25) is 9.78 Å². The Morgan fingerprint density at radius 1 is 1.28 bits per heavy atom. The van der Waals surface area contributed by atoms with Crippen LogP contribution in [0.15, 0.2) is 18.3 Å². The molecule has 2 rings (SSSR count). The first kappa shape index (κ1) is 22.6. The molecule has 1 aliphatic rings. The second-order valence-corrected chi connectivity index (χ2v) is 7.75. The highest BCUT2D eigenvalue weighted by Crippen LogP contribution is 2.32. The molecule has 10 heteroatoms. The summed E-state index contributed by atoms with van der Waals surface area (Å²) in [5.74, 6) is -2.09. The number of alkyl halides is 3. The number of ether oxygens (including phenoxy) is 2. The summed E-state index contributed by atoms with van der Waals surface area (Å²) < 4.78 is 48.3. The second kappa shape index (κ2) is 8.38. The van der Waals surface area contributed by atoms with Crippen molar-refractivity contribution in [2.24, 2.45) is 5.92 Å². The van der Waals surface area contributed by atoms with Crippen LogP contribution in [0.3, 0.4) is 0 Å². The van der Waals surface area contributed by atoms with Gasteiger partial charge >= 0.3 is 18.2 Å². The van der Waals surface area contributed by atoms with Gasteiger partial charge in [-0.05, 0) is 57.7 Å². The topological polar surface area (TPSA) is 85.8 Å². The van der Waals surface area contributed by atoms with Crippen molar-refractivity contribution in [1.29, 1.82) is 0 Å². The summed E-state index contributed by atoms with van der Waals surface area (Å²) in [5.41, 5.74) is -1.54. The number of hydrogen-bond donors (Lipinski definition) is 0. The summed E-state index contributed by atoms with van der Waals surface area (Å²) in [6, 6.07) is 1.22. The quantitative estimate of drug-likeness (QED) is 0.700. The van der Waals surface area contributed by atoms with Crippen LogP contribution in [0.2, 0.25) is 0 Å². The van der Waals surface area contributed by atoms with Gasteiger partial charge in [0.15, 0.2) is 0 Å². The number of pyridine rings is 1. The number of esters is 1. The van der Waals surface area contributed by atoms with Crippen molar-refractivity contribution < 1.29 is 37.0 Å². The van der Waals surface area contributed by atoms with Gasteiger partial charge in [-0.15, -0.1) is 0 Å². The number of nitrogens with zero attached hydrogens (tertiary/aromatic N) is 2. The van der Waals surface area contributed by atoms with E-state index in [4.69, 9.17) is 4.74 Å². The van der Waals surface area contributed by atoms with E-state index in [1.807, 2.05) is 0 Å². The fourth-order valence-electron chi connectivity index (χ4n) is 3.06. The zero-order valence-corrected chi connectivity index (χ0v) is 16.6. The van der Waals surface area contributed by atoms with Crippen LogP contribution in [0.1, 0.15) is 44.9 Å². The van der Waals surface area contributed by atoms with Crippen molar-refractivity contribution in [3.8, 4) is 0 Å². The lowest BCUT2D eigenvalue weighted by atomic mass is 9.96. The van der Waals surface area contributed by atoms with Gasteiger partial charge in [0.05, 0.1) is 7.11 Å². The van der Waals surface area contributed by atoms with Gasteiger partial charge in [-0.2, -0.15) is 13.2 Å². The Morgan fingerprint density at radius 3 is 2.48 bits per heavy atom. The number of aromatic nitrogens is 1. The van der Waals surface area contributed by atoms with Crippen LogP contribution in [-0.4, -0.2) is 46.6 Å². The first-order valence-electron chi connectivity index (χ1n) is 8.99. The Kier molecular flexibility index (Phi) is 6.54. The smallest absolute Gasteiger partial charge is 0.433 e. The van der Waals surface area contributed by atoms with Crippen molar-refractivity contribution in [1.82, 2.24) is 9.88 Å². The van der Waals surface area contributed by atoms with Gasteiger partial charge in [0.1, 0.15) is 17.3 Å². The normalized spacial score (nSPS) is 20.0. The monoisotopic (exact) mass is 416 g/mol. The van der Waals surface area contributed by atoms with E-state index < -0.39 is 47.4 Å². The van der Waals surface area contributed by atoms with Crippen LogP contribution in [-0.2, 0) is 31.7 Å². The zero-order chi connectivity index (χ0) is 22.0. The summed E-state index contributed by atoms with van der Waals surface area (Å²) in [7, 11) is 1.14. The van der Waals surface area contributed by atoms with Crippen molar-refractivity contribution in [3.05, 3.63) is 29.6 Å². The van der Waals surface area contributed by atoms with Crippen molar-refractivity contribution in [2.45, 2.75) is 57.9 Å². The Hall–Kier alpha value is -2.65. The molecule has 1 aromatic heterocycles. The molecular formula is C19H23F3N2O5. The van der Waals surface area contributed by atoms with Gasteiger partial charge in [0.25, 0.3) is 0 Å². The van der Waals surface area contributed by atoms with E-state index in [0.29, 0.717) is 5.56 Å². The summed E-state index contributed by atoms with van der Waals surface area (Å²) in [4.78, 5) is 41.3. The molecule has 1 aromatic rings. The Balaban J connectivity index is 2.15. The SMILES string of the molecule is COC(=O)C1CC(CCc2ccnc(C(F)(F)F)c2)C(=O)N1C(=O)OC(C)(C)C. The predicted molar refractivity (Wildman–Crippen MR) is 94.6 cm³/mol. The number of halogens is 3. The molecular weight excluding hydrogens is 393 g/mol. The minimum absolute atomic E-state index is 0.0158. The highest BCUT2D eigenvalue weighted by Gasteiger charge is 2.48. The zero-order valence-electron chi connectivity index (χ0n) is 16.6. The second-order valence-electron chi connectivity index (χ2n) is 7.75. The molecule has 1 aliphatic heterocycles. The fraction of sp³-hybridized carbons (Fsp3) is 0.579. The third-order valence-corrected chi connectivity index (χ3v) is 4.37. The molecule has 2 heterocycles. The molecule has 1 saturated heterocycles. The van der Waals surface area contributed by atoms with E-state index in [2.05, 4.69) is 9.72 Å². The van der Waals surface area contributed by atoms with Gasteiger partial charge < -0.3 is 9.47 Å². The molecule has 0 bridgehead atoms. The van der Waals surface area contributed by atoms with E-state index >= 15 is 0 Å². The lowest BCUT2D eigenvalue weighted by molar-refractivity contribution is -0.148. The van der Waals surface area contributed by atoms with Crippen molar-refractivity contribution >= 4 is 18.0 Å². The highest BCUT2D eigenvalue weighted by atomic mass is 19.4. The number of imide groups is 1. The molecule has 29 heavy (non-hydrogen) atoms. The van der Waals surface area contributed by atoms with Crippen LogP contribution in [0, 0.1) is 5.92 Å². The molecule has 2 unspecified atom stereocenters. The molecule has 160 valence electrons. The fourth-order valence-corrected chi connectivity index (χ4v) is 3.06. The summed E-state index contributed by atoms with van der Waals surface area (Å²) >= 11 is 0. The number of rotatable bonds is 4. The Bertz CT molecular complexity index is 789. The number of amides is 2. The maximum Gasteiger partial charge on any atom is 0.433 e. The van der Waals surface area contributed by atoms with Crippen LogP contribution in [0.5, 0.6) is 0 Å². The molecule has 2 atom stereocenters. The number of hydrogen-bond acceptors (Lipinski definition) is 6. The largest absolute Gasteiger partial charge is 0.467 e. The predicted octanol–water partition coefficient (Wildman–Crippen LogP) is 3.36. The maximum absolute atomic E-state index is 12.8. The minimum atomic E-state index is -4.57. The van der Waals surface area contributed by atoms with Crippen LogP contribution in [0.4, 0.5) is 18.0 Å². The summed E-state index contributed by atoms with van der Waals surface area (Å²) in [5, 5.41) is 0. The van der Waals surface area contributed by atoms with E-state index in [1.165, 1.54) is 6.07 Å². The number of carbonyl (C=O) groups excluding carboxylic acids is 3. The van der Waals surface area contributed by atoms with E-state index in [1.54, 1.807) is 20.8 Å². The van der Waals surface area contributed by atoms with Crippen molar-refractivity contribution in [2.75, 3.05) is 7.11 Å². The van der Waals surface area contributed by atoms with Gasteiger partial charge in [-0.1, -0.05) is 0 Å². The van der Waals surface area contributed by atoms with Gasteiger partial charge in [0, 0.05) is 12.1 Å². The molecule has 0 spiro atoms. The molecule has 1 fully saturated rings. The summed E-state index contributed by atoms with van der Waals surface area (Å²) in [6.45, 7) is 4.87. The average Bonchev–Trinajstić information content (AvgIpc) is 2.94. The average molecular weight is 416 g/mol. The standard InChI is InChI=1S/C19H23F3N2O5/c1-18(2,3)29-17(27)24-13(16(26)28-4)10-12(15(24)25)6-5-11-7-8-23-14(9-11)19(20,21)22/h7-9,12-13H,5-6,10H2,1-4H3. The lowest BCUT2D eigenvalue weighted by Gasteiger charge is -2.26. The highest BCUT2D eigenvalue weighted by molar-refractivity contribution is 6.00. The third-order valence-electron chi connectivity index (χ3n) is 4.37. The molecule has 0 saturated carbocycles. The maximum atomic E-state index is 12.8. The van der Waals surface area contributed by atoms with Gasteiger partial charge in [0.2, 0.25) is 5.91 Å². The van der Waals surface area contributed by atoms with Crippen LogP contribution in [0.25, 0.3) is 0 Å². The molecule has 7 nitrogen and oxygen atoms in total. The minimum Gasteiger partial charge on any atom is -0.467 e. The molecule has 0 N–H and O–H groups in total. The molecule has 0 radical (unpaired) electrons. The van der Waals surface area contributed by atoms with E-state index in [9.17, 15) is 27.6 Å². The number of carbonyl (C=O) groups is 3. The Morgan fingerprint density at radius 2 is 1.93 bits per heavy atom. The van der Waals surface area contributed by atoms with E-state index in [-0.39, 0.29) is 19.3 Å². The van der Waals surface area contributed by atoms with E-state index in [0.717, 1.165) is 24.3 Å². The number of likely N-dealkylation sites (tertiary alicyclic amines) is 1. The number of methoxy groups -OCH3 is 1. The molecule has 0 aliphatic carbocycles. The Labute approximate surface area is 166 Å². The molecule has 2 amide bonds.